The van der Waals surface area contributed by atoms with Gasteiger partial charge in [0, 0.05) is 22.8 Å². The van der Waals surface area contributed by atoms with Crippen molar-refractivity contribution in [3.63, 3.8) is 0 Å². The largest absolute Gasteiger partial charge is 0.490 e. The van der Waals surface area contributed by atoms with E-state index in [0.717, 1.165) is 16.2 Å². The van der Waals surface area contributed by atoms with Crippen molar-refractivity contribution in [1.29, 1.82) is 0 Å². The summed E-state index contributed by atoms with van der Waals surface area (Å²) in [4.78, 5) is 26.7. The van der Waals surface area contributed by atoms with E-state index in [4.69, 9.17) is 9.90 Å². The summed E-state index contributed by atoms with van der Waals surface area (Å²) in [5.74, 6) is -3.48. The number of amides is 1. The summed E-state index contributed by atoms with van der Waals surface area (Å²) in [7, 11) is 0. The van der Waals surface area contributed by atoms with Crippen LogP contribution < -0.4 is 4.90 Å². The lowest BCUT2D eigenvalue weighted by Gasteiger charge is -2.25. The number of aryl methyl sites for hydroxylation is 2. The van der Waals surface area contributed by atoms with Crippen LogP contribution >= 0.6 is 11.3 Å². The van der Waals surface area contributed by atoms with Crippen molar-refractivity contribution in [3.8, 4) is 0 Å². The Morgan fingerprint density at radius 1 is 1.16 bits per heavy atom. The second kappa shape index (κ2) is 8.31. The molecule has 0 bridgehead atoms. The molecule has 2 atom stereocenters. The molecule has 0 saturated carbocycles. The van der Waals surface area contributed by atoms with Gasteiger partial charge in [0.05, 0.1) is 12.2 Å². The quantitative estimate of drug-likeness (QED) is 0.661. The Balaban J connectivity index is 0.000000423. The number of carbonyl (C=O) groups is 2. The van der Waals surface area contributed by atoms with E-state index >= 15 is 8.78 Å². The van der Waals surface area contributed by atoms with E-state index < -0.39 is 29.4 Å². The van der Waals surface area contributed by atoms with Crippen molar-refractivity contribution in [2.24, 2.45) is 5.41 Å². The highest BCUT2D eigenvalue weighted by Crippen LogP contribution is 2.48. The van der Waals surface area contributed by atoms with Gasteiger partial charge in [-0.1, -0.05) is 20.8 Å². The molecule has 0 aromatic carbocycles. The predicted octanol–water partition coefficient (Wildman–Crippen LogP) is 4.51. The Bertz CT molecular complexity index is 851. The maximum absolute atomic E-state index is 15.4. The zero-order valence-corrected chi connectivity index (χ0v) is 18.9. The van der Waals surface area contributed by atoms with Crippen LogP contribution in [0.3, 0.4) is 0 Å². The van der Waals surface area contributed by atoms with E-state index in [0.29, 0.717) is 12.2 Å². The fourth-order valence-corrected chi connectivity index (χ4v) is 4.62. The number of fused-ring (bicyclic) bond motifs is 1. The minimum atomic E-state index is -5.08. The zero-order chi connectivity index (χ0) is 24.0. The number of alkyl halides is 5. The molecule has 2 saturated heterocycles. The highest BCUT2D eigenvalue weighted by Gasteiger charge is 2.71. The minimum absolute atomic E-state index is 0.00993. The lowest BCUT2D eigenvalue weighted by atomic mass is 9.92. The van der Waals surface area contributed by atoms with E-state index in [-0.39, 0.29) is 25.0 Å². The molecule has 1 amide bonds. The fourth-order valence-electron chi connectivity index (χ4n) is 3.69. The molecule has 2 fully saturated rings. The van der Waals surface area contributed by atoms with Gasteiger partial charge in [-0.15, -0.1) is 11.3 Å². The first-order valence-electron chi connectivity index (χ1n) is 9.69. The van der Waals surface area contributed by atoms with E-state index in [1.165, 1.54) is 4.90 Å². The number of hydrogen-bond donors (Lipinski definition) is 1. The second-order valence-electron chi connectivity index (χ2n) is 9.28. The first-order chi connectivity index (χ1) is 13.9. The summed E-state index contributed by atoms with van der Waals surface area (Å²) in [5, 5.41) is 7.12. The molecule has 0 radical (unpaired) electrons. The Morgan fingerprint density at radius 3 is 2.10 bits per heavy atom. The molecule has 0 unspecified atom stereocenters. The summed E-state index contributed by atoms with van der Waals surface area (Å²) in [6.07, 6.45) is -4.24. The number of hydrogen-bond acceptors (Lipinski definition) is 4. The first kappa shape index (κ1) is 25.5. The number of thiophene rings is 1. The van der Waals surface area contributed by atoms with Gasteiger partial charge in [-0.3, -0.25) is 9.69 Å². The van der Waals surface area contributed by atoms with Crippen LogP contribution in [0, 0.1) is 19.3 Å². The van der Waals surface area contributed by atoms with E-state index in [1.54, 1.807) is 16.2 Å². The van der Waals surface area contributed by atoms with Crippen LogP contribution in [-0.2, 0) is 9.59 Å². The summed E-state index contributed by atoms with van der Waals surface area (Å²) in [5.41, 5.74) is -3.78. The van der Waals surface area contributed by atoms with Gasteiger partial charge in [0.15, 0.2) is 5.67 Å². The van der Waals surface area contributed by atoms with Gasteiger partial charge >= 0.3 is 12.1 Å². The maximum Gasteiger partial charge on any atom is 0.490 e. The van der Waals surface area contributed by atoms with Crippen LogP contribution in [0.1, 0.15) is 36.9 Å². The third-order valence-corrected chi connectivity index (χ3v) is 6.30. The number of carboxylic acids is 1. The molecule has 1 N–H and O–H groups in total. The van der Waals surface area contributed by atoms with Gasteiger partial charge < -0.3 is 10.0 Å². The molecule has 5 nitrogen and oxygen atoms in total. The number of carboxylic acid groups (broad SMARTS) is 1. The highest BCUT2D eigenvalue weighted by molar-refractivity contribution is 7.12. The molecule has 176 valence electrons. The van der Waals surface area contributed by atoms with Crippen molar-refractivity contribution >= 4 is 28.9 Å². The number of nitrogens with zero attached hydrogens (tertiary/aromatic N) is 2. The van der Waals surface area contributed by atoms with E-state index in [2.05, 4.69) is 20.8 Å². The Kier molecular flexibility index (Phi) is 6.84. The van der Waals surface area contributed by atoms with Crippen molar-refractivity contribution in [1.82, 2.24) is 4.90 Å². The summed E-state index contributed by atoms with van der Waals surface area (Å²) in [6.45, 7) is 10.4. The maximum atomic E-state index is 15.4. The Labute approximate surface area is 181 Å². The second-order valence-corrected chi connectivity index (χ2v) is 10.7. The zero-order valence-electron chi connectivity index (χ0n) is 18.1. The number of halogens is 5. The van der Waals surface area contributed by atoms with Gasteiger partial charge in [-0.25, -0.2) is 13.6 Å². The molecule has 11 heteroatoms. The van der Waals surface area contributed by atoms with Crippen LogP contribution in [0.15, 0.2) is 6.07 Å². The van der Waals surface area contributed by atoms with Gasteiger partial charge in [-0.2, -0.15) is 13.2 Å². The SMILES string of the molecule is Cc1cc(N2C[C@@]3(F)CN(CCC(C)(C)C)C[C@@]3(F)C2=O)c(C)s1.O=C(O)C(F)(F)F. The van der Waals surface area contributed by atoms with Gasteiger partial charge in [-0.05, 0) is 38.3 Å². The molecule has 1 aromatic rings. The topological polar surface area (TPSA) is 60.9 Å². The predicted molar refractivity (Wildman–Crippen MR) is 108 cm³/mol. The van der Waals surface area contributed by atoms with Crippen LogP contribution in [0.5, 0.6) is 0 Å². The number of likely N-dealkylation sites (tertiary alicyclic amines) is 1. The summed E-state index contributed by atoms with van der Waals surface area (Å²) >= 11 is 1.55. The smallest absolute Gasteiger partial charge is 0.475 e. The minimum Gasteiger partial charge on any atom is -0.475 e. The average Bonchev–Trinajstić information content (AvgIpc) is 3.12. The van der Waals surface area contributed by atoms with Crippen LogP contribution in [0.2, 0.25) is 0 Å². The van der Waals surface area contributed by atoms with Crippen molar-refractivity contribution < 1.29 is 36.6 Å². The van der Waals surface area contributed by atoms with Crippen LogP contribution in [0.25, 0.3) is 0 Å². The summed E-state index contributed by atoms with van der Waals surface area (Å²) < 4.78 is 62.6. The molecule has 31 heavy (non-hydrogen) atoms. The third-order valence-electron chi connectivity index (χ3n) is 5.34. The third kappa shape index (κ3) is 5.36. The fraction of sp³-hybridized carbons (Fsp3) is 0.700. The van der Waals surface area contributed by atoms with Crippen LogP contribution in [-0.4, -0.2) is 65.6 Å². The van der Waals surface area contributed by atoms with Crippen LogP contribution in [0.4, 0.5) is 27.6 Å². The molecular formula is C20H27F5N2O3S. The van der Waals surface area contributed by atoms with Gasteiger partial charge in [0.25, 0.3) is 5.91 Å². The van der Waals surface area contributed by atoms with Crippen molar-refractivity contribution in [2.75, 3.05) is 31.1 Å². The molecule has 0 aliphatic carbocycles. The molecule has 0 spiro atoms. The van der Waals surface area contributed by atoms with Crippen molar-refractivity contribution in [2.45, 2.75) is 58.6 Å². The van der Waals surface area contributed by atoms with Crippen molar-refractivity contribution in [3.05, 3.63) is 15.8 Å². The summed E-state index contributed by atoms with van der Waals surface area (Å²) in [6, 6.07) is 1.85. The molecule has 3 rings (SSSR count). The number of rotatable bonds is 3. The number of aliphatic carboxylic acids is 1. The highest BCUT2D eigenvalue weighted by atomic mass is 32.1. The number of carbonyl (C=O) groups excluding carboxylic acids is 1. The average molecular weight is 471 g/mol. The normalized spacial score (nSPS) is 26.6. The van der Waals surface area contributed by atoms with E-state index in [9.17, 15) is 18.0 Å². The van der Waals surface area contributed by atoms with Gasteiger partial charge in [0.2, 0.25) is 5.67 Å². The standard InChI is InChI=1S/C18H26F2N2OS.C2HF3O2/c1-12-8-14(13(2)24-12)22-10-17(19)9-21(7-6-16(3,4)5)11-18(17,20)15(22)23;3-2(4,5)1(6)7/h8H,6-7,9-11H2,1-5H3;(H,6,7)/t17-,18+;/m0./s1. The monoisotopic (exact) mass is 470 g/mol. The molecule has 1 aromatic heterocycles. The van der Waals surface area contributed by atoms with Gasteiger partial charge in [0.1, 0.15) is 0 Å². The Morgan fingerprint density at radius 2 is 1.71 bits per heavy atom. The Hall–Kier alpha value is -1.75. The molecular weight excluding hydrogens is 443 g/mol. The molecule has 2 aliphatic heterocycles. The molecule has 2 aliphatic rings. The lowest BCUT2D eigenvalue weighted by Crippen LogP contribution is -2.47. The first-order valence-corrected chi connectivity index (χ1v) is 10.5. The van der Waals surface area contributed by atoms with E-state index in [1.807, 2.05) is 19.9 Å². The molecule has 3 heterocycles. The number of anilines is 1. The lowest BCUT2D eigenvalue weighted by molar-refractivity contribution is -0.192.